The Labute approximate surface area is 89.6 Å². The maximum atomic E-state index is 11.1. The smallest absolute Gasteiger partial charge is 0.306 e. The van der Waals surface area contributed by atoms with Crippen molar-refractivity contribution >= 4 is 11.9 Å². The first-order valence-electron chi connectivity index (χ1n) is 4.91. The van der Waals surface area contributed by atoms with E-state index in [1.165, 1.54) is 0 Å². The summed E-state index contributed by atoms with van der Waals surface area (Å²) in [5, 5.41) is 8.35. The van der Waals surface area contributed by atoms with E-state index in [-0.39, 0.29) is 24.9 Å². The molecule has 0 saturated carbocycles. The lowest BCUT2D eigenvalue weighted by Crippen LogP contribution is -2.14. The molecule has 1 atom stereocenters. The van der Waals surface area contributed by atoms with E-state index in [2.05, 4.69) is 5.92 Å². The molecule has 0 spiro atoms. The molecule has 84 valence electrons. The number of aliphatic carboxylic acids is 1. The summed E-state index contributed by atoms with van der Waals surface area (Å²) >= 11 is 0. The Morgan fingerprint density at radius 3 is 2.67 bits per heavy atom. The van der Waals surface area contributed by atoms with E-state index >= 15 is 0 Å². The lowest BCUT2D eigenvalue weighted by atomic mass is 10.2. The number of carboxylic acids is 1. The highest BCUT2D eigenvalue weighted by Crippen LogP contribution is 2.04. The minimum atomic E-state index is -0.900. The van der Waals surface area contributed by atoms with Gasteiger partial charge in [0.15, 0.2) is 0 Å². The van der Waals surface area contributed by atoms with Gasteiger partial charge >= 0.3 is 11.9 Å². The second-order valence-electron chi connectivity index (χ2n) is 3.29. The third-order valence-corrected chi connectivity index (χ3v) is 1.80. The van der Waals surface area contributed by atoms with Crippen LogP contribution in [0.25, 0.3) is 0 Å². The zero-order valence-electron chi connectivity index (χ0n) is 8.86. The molecule has 0 aromatic rings. The van der Waals surface area contributed by atoms with Gasteiger partial charge in [0.05, 0.1) is 6.10 Å². The lowest BCUT2D eigenvalue weighted by molar-refractivity contribution is -0.148. The van der Waals surface area contributed by atoms with Crippen molar-refractivity contribution in [1.29, 1.82) is 0 Å². The molecular weight excluding hydrogens is 196 g/mol. The molecule has 0 aliphatic carbocycles. The van der Waals surface area contributed by atoms with Gasteiger partial charge in [-0.25, -0.2) is 0 Å². The van der Waals surface area contributed by atoms with Gasteiger partial charge in [-0.2, -0.15) is 0 Å². The summed E-state index contributed by atoms with van der Waals surface area (Å²) in [6, 6.07) is 0. The Kier molecular flexibility index (Phi) is 7.08. The van der Waals surface area contributed by atoms with Crippen molar-refractivity contribution in [3.8, 4) is 12.3 Å². The number of carboxylic acid groups (broad SMARTS) is 1. The van der Waals surface area contributed by atoms with Gasteiger partial charge in [0.25, 0.3) is 0 Å². The second-order valence-corrected chi connectivity index (χ2v) is 3.29. The first kappa shape index (κ1) is 13.5. The normalized spacial score (nSPS) is 11.5. The molecule has 0 bridgehead atoms. The van der Waals surface area contributed by atoms with E-state index in [0.717, 1.165) is 0 Å². The quantitative estimate of drug-likeness (QED) is 0.514. The van der Waals surface area contributed by atoms with Crippen LogP contribution in [0.3, 0.4) is 0 Å². The molecule has 0 aromatic heterocycles. The largest absolute Gasteiger partial charge is 0.481 e. The van der Waals surface area contributed by atoms with E-state index in [1.807, 2.05) is 0 Å². The van der Waals surface area contributed by atoms with Crippen LogP contribution in [0, 0.1) is 12.3 Å². The van der Waals surface area contributed by atoms with E-state index in [4.69, 9.17) is 16.3 Å². The van der Waals surface area contributed by atoms with Crippen molar-refractivity contribution in [3.63, 3.8) is 0 Å². The van der Waals surface area contributed by atoms with Gasteiger partial charge in [-0.05, 0) is 19.8 Å². The minimum Gasteiger partial charge on any atom is -0.481 e. The van der Waals surface area contributed by atoms with Crippen LogP contribution in [0.5, 0.6) is 0 Å². The van der Waals surface area contributed by atoms with Gasteiger partial charge in [0.2, 0.25) is 0 Å². The Bertz CT molecular complexity index is 252. The highest BCUT2D eigenvalue weighted by molar-refractivity contribution is 5.71. The van der Waals surface area contributed by atoms with E-state index in [1.54, 1.807) is 6.92 Å². The average Bonchev–Trinajstić information content (AvgIpc) is 2.14. The van der Waals surface area contributed by atoms with Crippen LogP contribution in [0.2, 0.25) is 0 Å². The molecule has 15 heavy (non-hydrogen) atoms. The average molecular weight is 212 g/mol. The van der Waals surface area contributed by atoms with Crippen molar-refractivity contribution in [2.24, 2.45) is 0 Å². The van der Waals surface area contributed by atoms with Gasteiger partial charge in [0, 0.05) is 19.3 Å². The van der Waals surface area contributed by atoms with Crippen LogP contribution in [-0.2, 0) is 14.3 Å². The summed E-state index contributed by atoms with van der Waals surface area (Å²) in [5.41, 5.74) is 0. The van der Waals surface area contributed by atoms with Crippen LogP contribution < -0.4 is 0 Å². The predicted molar refractivity (Wildman–Crippen MR) is 55.1 cm³/mol. The number of carbonyl (C=O) groups is 2. The monoisotopic (exact) mass is 212 g/mol. The predicted octanol–water partition coefficient (Wildman–Crippen LogP) is 1.59. The third-order valence-electron chi connectivity index (χ3n) is 1.80. The SMILES string of the molecule is C#CCCC(C)OC(=O)CCCC(=O)O. The molecule has 0 radical (unpaired) electrons. The summed E-state index contributed by atoms with van der Waals surface area (Å²) in [7, 11) is 0. The first-order valence-corrected chi connectivity index (χ1v) is 4.91. The van der Waals surface area contributed by atoms with Gasteiger partial charge in [-0.15, -0.1) is 12.3 Å². The number of hydrogen-bond acceptors (Lipinski definition) is 3. The molecular formula is C11H16O4. The Balaban J connectivity index is 3.56. The zero-order valence-corrected chi connectivity index (χ0v) is 8.86. The minimum absolute atomic E-state index is 0.00611. The molecule has 0 aromatic carbocycles. The molecule has 0 heterocycles. The van der Waals surface area contributed by atoms with Crippen molar-refractivity contribution in [2.75, 3.05) is 0 Å². The van der Waals surface area contributed by atoms with Crippen LogP contribution in [0.4, 0.5) is 0 Å². The molecule has 0 amide bonds. The number of rotatable bonds is 7. The van der Waals surface area contributed by atoms with E-state index in [0.29, 0.717) is 19.3 Å². The Morgan fingerprint density at radius 2 is 2.13 bits per heavy atom. The molecule has 4 nitrogen and oxygen atoms in total. The molecule has 0 aliphatic rings. The summed E-state index contributed by atoms with van der Waals surface area (Å²) in [5.74, 6) is 1.20. The molecule has 1 unspecified atom stereocenters. The highest BCUT2D eigenvalue weighted by atomic mass is 16.5. The number of carbonyl (C=O) groups excluding carboxylic acids is 1. The zero-order chi connectivity index (χ0) is 11.7. The number of terminal acetylenes is 1. The van der Waals surface area contributed by atoms with Crippen molar-refractivity contribution in [2.45, 2.75) is 45.1 Å². The van der Waals surface area contributed by atoms with Crippen LogP contribution in [0.15, 0.2) is 0 Å². The van der Waals surface area contributed by atoms with Gasteiger partial charge < -0.3 is 9.84 Å². The molecule has 4 heteroatoms. The fraction of sp³-hybridized carbons (Fsp3) is 0.636. The van der Waals surface area contributed by atoms with Crippen molar-refractivity contribution in [1.82, 2.24) is 0 Å². The van der Waals surface area contributed by atoms with Crippen molar-refractivity contribution in [3.05, 3.63) is 0 Å². The summed E-state index contributed by atoms with van der Waals surface area (Å²) in [6.07, 6.45) is 6.54. The summed E-state index contributed by atoms with van der Waals surface area (Å²) in [4.78, 5) is 21.3. The fourth-order valence-electron chi connectivity index (χ4n) is 1.01. The standard InChI is InChI=1S/C11H16O4/c1-3-4-6-9(2)15-11(14)8-5-7-10(12)13/h1,9H,4-8H2,2H3,(H,12,13). The lowest BCUT2D eigenvalue weighted by Gasteiger charge is -2.11. The van der Waals surface area contributed by atoms with E-state index in [9.17, 15) is 9.59 Å². The van der Waals surface area contributed by atoms with Gasteiger partial charge in [-0.1, -0.05) is 0 Å². The number of ether oxygens (including phenoxy) is 1. The molecule has 1 N–H and O–H groups in total. The van der Waals surface area contributed by atoms with Crippen LogP contribution in [0.1, 0.15) is 39.0 Å². The highest BCUT2D eigenvalue weighted by Gasteiger charge is 2.09. The molecule has 0 fully saturated rings. The third kappa shape index (κ3) is 8.82. The first-order chi connectivity index (χ1) is 7.06. The van der Waals surface area contributed by atoms with Crippen LogP contribution in [-0.4, -0.2) is 23.1 Å². The van der Waals surface area contributed by atoms with Gasteiger partial charge in [-0.3, -0.25) is 9.59 Å². The maximum Gasteiger partial charge on any atom is 0.306 e. The Hall–Kier alpha value is -1.50. The molecule has 0 saturated heterocycles. The van der Waals surface area contributed by atoms with E-state index < -0.39 is 5.97 Å². The fourth-order valence-corrected chi connectivity index (χ4v) is 1.01. The van der Waals surface area contributed by atoms with Gasteiger partial charge in [0.1, 0.15) is 0 Å². The molecule has 0 rings (SSSR count). The Morgan fingerprint density at radius 1 is 1.47 bits per heavy atom. The summed E-state index contributed by atoms with van der Waals surface area (Å²) < 4.78 is 5.01. The number of esters is 1. The second kappa shape index (κ2) is 7.86. The molecule has 0 aliphatic heterocycles. The van der Waals surface area contributed by atoms with Crippen LogP contribution >= 0.6 is 0 Å². The summed E-state index contributed by atoms with van der Waals surface area (Å²) in [6.45, 7) is 1.77. The number of hydrogen-bond donors (Lipinski definition) is 1. The van der Waals surface area contributed by atoms with Crippen molar-refractivity contribution < 1.29 is 19.4 Å². The topological polar surface area (TPSA) is 63.6 Å². The maximum absolute atomic E-state index is 11.1.